The summed E-state index contributed by atoms with van der Waals surface area (Å²) in [4.78, 5) is 11.4. The summed E-state index contributed by atoms with van der Waals surface area (Å²) in [5.41, 5.74) is 6.43. The Kier molecular flexibility index (Phi) is 8.73. The van der Waals surface area contributed by atoms with Crippen molar-refractivity contribution in [2.45, 2.75) is 44.0 Å². The van der Waals surface area contributed by atoms with E-state index in [2.05, 4.69) is 4.72 Å². The Labute approximate surface area is 132 Å². The first-order valence-electron chi connectivity index (χ1n) is 6.63. The minimum absolute atomic E-state index is 0. The molecule has 120 valence electrons. The lowest BCUT2D eigenvalue weighted by atomic mass is 10.1. The van der Waals surface area contributed by atoms with Crippen LogP contribution in [-0.4, -0.2) is 26.8 Å². The SMILES string of the molecule is CC(=O)CC(CCCN)NS(=O)(=O)c1ccc(C)cc1.Cl. The van der Waals surface area contributed by atoms with Crippen LogP contribution in [0.15, 0.2) is 29.2 Å². The zero-order chi connectivity index (χ0) is 15.2. The Bertz CT molecular complexity index is 544. The van der Waals surface area contributed by atoms with Gasteiger partial charge in [0.2, 0.25) is 10.0 Å². The summed E-state index contributed by atoms with van der Waals surface area (Å²) in [5, 5.41) is 0. The fourth-order valence-electron chi connectivity index (χ4n) is 1.92. The molecule has 1 atom stereocenters. The Morgan fingerprint density at radius 1 is 1.29 bits per heavy atom. The maximum absolute atomic E-state index is 12.2. The largest absolute Gasteiger partial charge is 0.330 e. The number of hydrogen-bond acceptors (Lipinski definition) is 4. The highest BCUT2D eigenvalue weighted by Crippen LogP contribution is 2.13. The van der Waals surface area contributed by atoms with E-state index in [1.54, 1.807) is 24.3 Å². The Morgan fingerprint density at radius 3 is 2.33 bits per heavy atom. The number of halogens is 1. The van der Waals surface area contributed by atoms with Crippen molar-refractivity contribution in [3.8, 4) is 0 Å². The summed E-state index contributed by atoms with van der Waals surface area (Å²) < 4.78 is 27.1. The fourth-order valence-corrected chi connectivity index (χ4v) is 3.19. The van der Waals surface area contributed by atoms with Gasteiger partial charge in [0, 0.05) is 12.5 Å². The predicted octanol–water partition coefficient (Wildman–Crippen LogP) is 1.78. The van der Waals surface area contributed by atoms with Gasteiger partial charge in [-0.05, 0) is 45.4 Å². The zero-order valence-corrected chi connectivity index (χ0v) is 14.0. The van der Waals surface area contributed by atoms with E-state index in [9.17, 15) is 13.2 Å². The minimum atomic E-state index is -3.60. The number of Topliss-reactive ketones (excluding diaryl/α,β-unsaturated/α-hetero) is 1. The van der Waals surface area contributed by atoms with Gasteiger partial charge in [0.05, 0.1) is 4.90 Å². The molecule has 0 radical (unpaired) electrons. The molecule has 0 aliphatic heterocycles. The number of ketones is 1. The topological polar surface area (TPSA) is 89.3 Å². The molecule has 1 rings (SSSR count). The van der Waals surface area contributed by atoms with Crippen LogP contribution in [0.4, 0.5) is 0 Å². The quantitative estimate of drug-likeness (QED) is 0.758. The molecular formula is C14H23ClN2O3S. The average Bonchev–Trinajstić information content (AvgIpc) is 2.35. The number of rotatable bonds is 8. The molecule has 0 aliphatic carbocycles. The van der Waals surface area contributed by atoms with E-state index in [1.165, 1.54) is 6.92 Å². The number of carbonyl (C=O) groups is 1. The van der Waals surface area contributed by atoms with Crippen molar-refractivity contribution in [3.05, 3.63) is 29.8 Å². The standard InChI is InChI=1S/C14H22N2O3S.ClH/c1-11-5-7-14(8-6-11)20(18,19)16-13(4-3-9-15)10-12(2)17;/h5-8,13,16H,3-4,9-10,15H2,1-2H3;1H. The smallest absolute Gasteiger partial charge is 0.240 e. The van der Waals surface area contributed by atoms with E-state index < -0.39 is 16.1 Å². The molecular weight excluding hydrogens is 312 g/mol. The second-order valence-corrected chi connectivity index (χ2v) is 6.68. The highest BCUT2D eigenvalue weighted by Gasteiger charge is 2.20. The molecule has 21 heavy (non-hydrogen) atoms. The van der Waals surface area contributed by atoms with Gasteiger partial charge in [0.1, 0.15) is 5.78 Å². The molecule has 0 bridgehead atoms. The van der Waals surface area contributed by atoms with E-state index in [1.807, 2.05) is 6.92 Å². The van der Waals surface area contributed by atoms with Gasteiger partial charge in [0.25, 0.3) is 0 Å². The summed E-state index contributed by atoms with van der Waals surface area (Å²) in [6.45, 7) is 3.82. The number of benzene rings is 1. The third kappa shape index (κ3) is 7.04. The van der Waals surface area contributed by atoms with Crippen molar-refractivity contribution in [1.82, 2.24) is 4.72 Å². The third-order valence-electron chi connectivity index (χ3n) is 2.94. The fraction of sp³-hybridized carbons (Fsp3) is 0.500. The molecule has 0 aliphatic rings. The van der Waals surface area contributed by atoms with Gasteiger partial charge < -0.3 is 5.73 Å². The number of nitrogens with one attached hydrogen (secondary N) is 1. The summed E-state index contributed by atoms with van der Waals surface area (Å²) in [6.07, 6.45) is 1.42. The van der Waals surface area contributed by atoms with Crippen LogP contribution in [0, 0.1) is 6.92 Å². The van der Waals surface area contributed by atoms with Crippen molar-refractivity contribution in [2.24, 2.45) is 5.73 Å². The van der Waals surface area contributed by atoms with Crippen LogP contribution in [0.2, 0.25) is 0 Å². The van der Waals surface area contributed by atoms with E-state index in [0.717, 1.165) is 5.56 Å². The first kappa shape index (κ1) is 20.1. The van der Waals surface area contributed by atoms with Crippen LogP contribution in [-0.2, 0) is 14.8 Å². The Balaban J connectivity index is 0.00000400. The van der Waals surface area contributed by atoms with Gasteiger partial charge in [0.15, 0.2) is 0 Å². The van der Waals surface area contributed by atoms with Crippen LogP contribution in [0.25, 0.3) is 0 Å². The number of carbonyl (C=O) groups excluding carboxylic acids is 1. The van der Waals surface area contributed by atoms with Crippen LogP contribution < -0.4 is 10.5 Å². The molecule has 0 fully saturated rings. The van der Waals surface area contributed by atoms with Crippen molar-refractivity contribution < 1.29 is 13.2 Å². The van der Waals surface area contributed by atoms with Crippen LogP contribution in [0.5, 0.6) is 0 Å². The van der Waals surface area contributed by atoms with Crippen molar-refractivity contribution >= 4 is 28.2 Å². The van der Waals surface area contributed by atoms with Crippen molar-refractivity contribution in [1.29, 1.82) is 0 Å². The van der Waals surface area contributed by atoms with E-state index >= 15 is 0 Å². The summed E-state index contributed by atoms with van der Waals surface area (Å²) in [6, 6.07) is 6.21. The summed E-state index contributed by atoms with van der Waals surface area (Å²) in [7, 11) is -3.60. The number of nitrogens with two attached hydrogens (primary N) is 1. The molecule has 1 aromatic carbocycles. The van der Waals surface area contributed by atoms with E-state index in [4.69, 9.17) is 5.73 Å². The lowest BCUT2D eigenvalue weighted by molar-refractivity contribution is -0.117. The van der Waals surface area contributed by atoms with E-state index in [-0.39, 0.29) is 29.5 Å². The molecule has 1 aromatic rings. The molecule has 0 saturated carbocycles. The highest BCUT2D eigenvalue weighted by atomic mass is 35.5. The lowest BCUT2D eigenvalue weighted by Crippen LogP contribution is -2.36. The Morgan fingerprint density at radius 2 is 1.86 bits per heavy atom. The van der Waals surface area contributed by atoms with Crippen LogP contribution in [0.3, 0.4) is 0 Å². The third-order valence-corrected chi connectivity index (χ3v) is 4.48. The normalized spacial score (nSPS) is 12.5. The lowest BCUT2D eigenvalue weighted by Gasteiger charge is -2.17. The molecule has 1 unspecified atom stereocenters. The number of sulfonamides is 1. The molecule has 0 spiro atoms. The maximum Gasteiger partial charge on any atom is 0.240 e. The summed E-state index contributed by atoms with van der Waals surface area (Å²) >= 11 is 0. The molecule has 3 N–H and O–H groups in total. The van der Waals surface area contributed by atoms with Gasteiger partial charge in [-0.1, -0.05) is 17.7 Å². The molecule has 0 aromatic heterocycles. The van der Waals surface area contributed by atoms with Crippen LogP contribution in [0.1, 0.15) is 31.7 Å². The molecule has 7 heteroatoms. The predicted molar refractivity (Wildman–Crippen MR) is 86.1 cm³/mol. The second-order valence-electron chi connectivity index (χ2n) is 4.97. The first-order valence-corrected chi connectivity index (χ1v) is 8.12. The van der Waals surface area contributed by atoms with Crippen LogP contribution >= 0.6 is 12.4 Å². The number of hydrogen-bond donors (Lipinski definition) is 2. The van der Waals surface area contributed by atoms with Gasteiger partial charge in [-0.15, -0.1) is 12.4 Å². The zero-order valence-electron chi connectivity index (χ0n) is 12.3. The monoisotopic (exact) mass is 334 g/mol. The molecule has 5 nitrogen and oxygen atoms in total. The summed E-state index contributed by atoms with van der Waals surface area (Å²) in [5.74, 6) is -0.0429. The minimum Gasteiger partial charge on any atom is -0.330 e. The molecule has 0 heterocycles. The second kappa shape index (κ2) is 9.15. The highest BCUT2D eigenvalue weighted by molar-refractivity contribution is 7.89. The maximum atomic E-state index is 12.2. The molecule has 0 saturated heterocycles. The first-order chi connectivity index (χ1) is 9.35. The van der Waals surface area contributed by atoms with E-state index in [0.29, 0.717) is 19.4 Å². The van der Waals surface area contributed by atoms with Gasteiger partial charge in [-0.25, -0.2) is 13.1 Å². The average molecular weight is 335 g/mol. The van der Waals surface area contributed by atoms with Gasteiger partial charge in [-0.2, -0.15) is 0 Å². The van der Waals surface area contributed by atoms with Crippen molar-refractivity contribution in [2.75, 3.05) is 6.54 Å². The van der Waals surface area contributed by atoms with Crippen molar-refractivity contribution in [3.63, 3.8) is 0 Å². The van der Waals surface area contributed by atoms with Gasteiger partial charge >= 0.3 is 0 Å². The Hall–Kier alpha value is -0.950. The van der Waals surface area contributed by atoms with Gasteiger partial charge in [-0.3, -0.25) is 4.79 Å². The number of aryl methyl sites for hydroxylation is 1. The molecule has 0 amide bonds.